The number of hydrogen-bond donors (Lipinski definition) is 0. The number of rotatable bonds is 4. The number of methoxy groups -OCH3 is 1. The van der Waals surface area contributed by atoms with Crippen LogP contribution < -0.4 is 4.74 Å². The van der Waals surface area contributed by atoms with Crippen molar-refractivity contribution in [3.05, 3.63) is 52.5 Å². The topological polar surface area (TPSA) is 44.1 Å². The highest BCUT2D eigenvalue weighted by atomic mass is 35.5. The third-order valence-corrected chi connectivity index (χ3v) is 4.14. The van der Waals surface area contributed by atoms with Gasteiger partial charge >= 0.3 is 0 Å². The van der Waals surface area contributed by atoms with E-state index in [1.807, 2.05) is 23.6 Å². The Bertz CT molecular complexity index is 795. The van der Waals surface area contributed by atoms with Gasteiger partial charge in [-0.25, -0.2) is 4.68 Å². The molecule has 3 rings (SSSR count). The zero-order chi connectivity index (χ0) is 14.8. The highest BCUT2D eigenvalue weighted by Gasteiger charge is 2.17. The van der Waals surface area contributed by atoms with E-state index in [1.54, 1.807) is 30.1 Å². The lowest BCUT2D eigenvalue weighted by atomic mass is 10.2. The molecule has 4 nitrogen and oxygen atoms in total. The van der Waals surface area contributed by atoms with Gasteiger partial charge in [0.25, 0.3) is 0 Å². The van der Waals surface area contributed by atoms with Crippen LogP contribution in [0.5, 0.6) is 5.75 Å². The predicted octanol–water partition coefficient (Wildman–Crippen LogP) is 4.08. The molecule has 1 aromatic carbocycles. The zero-order valence-electron chi connectivity index (χ0n) is 11.1. The van der Waals surface area contributed by atoms with Gasteiger partial charge in [0.1, 0.15) is 11.4 Å². The molecule has 2 aromatic heterocycles. The van der Waals surface area contributed by atoms with Crippen molar-refractivity contribution in [1.82, 2.24) is 9.78 Å². The fraction of sp³-hybridized carbons (Fsp3) is 0.0667. The summed E-state index contributed by atoms with van der Waals surface area (Å²) in [5, 5.41) is 7.02. The minimum atomic E-state index is 0.510. The summed E-state index contributed by atoms with van der Waals surface area (Å²) >= 11 is 7.48. The van der Waals surface area contributed by atoms with Gasteiger partial charge in [0, 0.05) is 11.2 Å². The molecule has 0 fully saturated rings. The molecule has 21 heavy (non-hydrogen) atoms. The summed E-state index contributed by atoms with van der Waals surface area (Å²) in [6.45, 7) is 0. The van der Waals surface area contributed by atoms with Crippen LogP contribution >= 0.6 is 22.9 Å². The number of thiophene rings is 1. The van der Waals surface area contributed by atoms with Crippen molar-refractivity contribution in [3.8, 4) is 22.0 Å². The van der Waals surface area contributed by atoms with Gasteiger partial charge < -0.3 is 4.74 Å². The van der Waals surface area contributed by atoms with Crippen molar-refractivity contribution < 1.29 is 9.53 Å². The summed E-state index contributed by atoms with van der Waals surface area (Å²) in [6, 6.07) is 9.15. The van der Waals surface area contributed by atoms with Gasteiger partial charge in [-0.15, -0.1) is 11.3 Å². The van der Waals surface area contributed by atoms with E-state index in [0.29, 0.717) is 22.0 Å². The molecule has 0 amide bonds. The number of halogens is 1. The Balaban J connectivity index is 2.13. The van der Waals surface area contributed by atoms with E-state index in [1.165, 1.54) is 11.3 Å². The maximum Gasteiger partial charge on any atom is 0.153 e. The van der Waals surface area contributed by atoms with Gasteiger partial charge in [0.15, 0.2) is 6.29 Å². The van der Waals surface area contributed by atoms with E-state index in [2.05, 4.69) is 5.10 Å². The van der Waals surface area contributed by atoms with Gasteiger partial charge in [0.05, 0.1) is 23.2 Å². The van der Waals surface area contributed by atoms with Crippen molar-refractivity contribution in [2.24, 2.45) is 0 Å². The molecule has 0 spiro atoms. The second kappa shape index (κ2) is 5.71. The largest absolute Gasteiger partial charge is 0.495 e. The zero-order valence-corrected chi connectivity index (χ0v) is 12.7. The van der Waals surface area contributed by atoms with Crippen LogP contribution in [0.4, 0.5) is 0 Å². The SMILES string of the molecule is COc1ccsc1-c1nn(-c2cccc(Cl)c2)cc1C=O. The fourth-order valence-corrected chi connectivity index (χ4v) is 3.08. The Morgan fingerprint density at radius 3 is 2.95 bits per heavy atom. The Labute approximate surface area is 130 Å². The molecule has 0 aliphatic heterocycles. The van der Waals surface area contributed by atoms with Crippen molar-refractivity contribution in [2.75, 3.05) is 7.11 Å². The number of aromatic nitrogens is 2. The summed E-state index contributed by atoms with van der Waals surface area (Å²) in [7, 11) is 1.60. The number of carbonyl (C=O) groups excluding carboxylic acids is 1. The highest BCUT2D eigenvalue weighted by Crippen LogP contribution is 2.36. The first-order chi connectivity index (χ1) is 10.2. The molecule has 0 bridgehead atoms. The number of hydrogen-bond acceptors (Lipinski definition) is 4. The average Bonchev–Trinajstić information content (AvgIpc) is 3.12. The van der Waals surface area contributed by atoms with Crippen molar-refractivity contribution in [1.29, 1.82) is 0 Å². The summed E-state index contributed by atoms with van der Waals surface area (Å²) in [5.41, 5.74) is 1.92. The molecule has 0 atom stereocenters. The van der Waals surface area contributed by atoms with Crippen LogP contribution in [0.15, 0.2) is 41.9 Å². The Kier molecular flexibility index (Phi) is 3.77. The second-order valence-corrected chi connectivity index (χ2v) is 5.65. The third kappa shape index (κ3) is 2.57. The van der Waals surface area contributed by atoms with Gasteiger partial charge in [-0.1, -0.05) is 17.7 Å². The van der Waals surface area contributed by atoms with Crippen LogP contribution in [0.1, 0.15) is 10.4 Å². The second-order valence-electron chi connectivity index (χ2n) is 4.29. The standard InChI is InChI=1S/C15H11ClN2O2S/c1-20-13-5-6-21-15(13)14-10(9-19)8-18(17-14)12-4-2-3-11(16)7-12/h2-9H,1H3. The molecule has 106 valence electrons. The number of benzene rings is 1. The van der Waals surface area contributed by atoms with Crippen LogP contribution in [0.3, 0.4) is 0 Å². The summed E-state index contributed by atoms with van der Waals surface area (Å²) in [4.78, 5) is 12.2. The van der Waals surface area contributed by atoms with Crippen molar-refractivity contribution in [2.45, 2.75) is 0 Å². The van der Waals surface area contributed by atoms with Crippen LogP contribution in [0.25, 0.3) is 16.3 Å². The minimum absolute atomic E-state index is 0.510. The molecular formula is C15H11ClN2O2S. The Hall–Kier alpha value is -2.11. The molecule has 0 saturated heterocycles. The van der Waals surface area contributed by atoms with E-state index in [-0.39, 0.29) is 0 Å². The smallest absolute Gasteiger partial charge is 0.153 e. The van der Waals surface area contributed by atoms with Gasteiger partial charge in [0.2, 0.25) is 0 Å². The lowest BCUT2D eigenvalue weighted by molar-refractivity contribution is 0.112. The number of aldehydes is 1. The van der Waals surface area contributed by atoms with E-state index in [0.717, 1.165) is 16.9 Å². The predicted molar refractivity (Wildman–Crippen MR) is 83.8 cm³/mol. The van der Waals surface area contributed by atoms with Crippen molar-refractivity contribution >= 4 is 29.2 Å². The minimum Gasteiger partial charge on any atom is -0.495 e. The first kappa shape index (κ1) is 13.9. The molecule has 0 radical (unpaired) electrons. The molecule has 0 aliphatic rings. The molecule has 6 heteroatoms. The lowest BCUT2D eigenvalue weighted by Crippen LogP contribution is -1.94. The first-order valence-corrected chi connectivity index (χ1v) is 7.41. The lowest BCUT2D eigenvalue weighted by Gasteiger charge is -2.02. The third-order valence-electron chi connectivity index (χ3n) is 3.01. The summed E-state index contributed by atoms with van der Waals surface area (Å²) in [6.07, 6.45) is 2.48. The van der Waals surface area contributed by atoms with Crippen LogP contribution in [-0.2, 0) is 0 Å². The molecular weight excluding hydrogens is 308 g/mol. The van der Waals surface area contributed by atoms with Gasteiger partial charge in [-0.3, -0.25) is 4.79 Å². The van der Waals surface area contributed by atoms with E-state index >= 15 is 0 Å². The number of carbonyl (C=O) groups is 1. The number of ether oxygens (including phenoxy) is 1. The molecule has 2 heterocycles. The molecule has 0 unspecified atom stereocenters. The molecule has 0 N–H and O–H groups in total. The number of nitrogens with zero attached hydrogens (tertiary/aromatic N) is 2. The maximum atomic E-state index is 11.3. The van der Waals surface area contributed by atoms with E-state index in [9.17, 15) is 4.79 Å². The Morgan fingerprint density at radius 1 is 1.38 bits per heavy atom. The van der Waals surface area contributed by atoms with Crippen molar-refractivity contribution in [3.63, 3.8) is 0 Å². The summed E-state index contributed by atoms with van der Waals surface area (Å²) < 4.78 is 6.94. The summed E-state index contributed by atoms with van der Waals surface area (Å²) in [5.74, 6) is 0.708. The molecule has 3 aromatic rings. The first-order valence-electron chi connectivity index (χ1n) is 6.15. The monoisotopic (exact) mass is 318 g/mol. The highest BCUT2D eigenvalue weighted by molar-refractivity contribution is 7.14. The molecule has 0 aliphatic carbocycles. The molecule has 0 saturated carbocycles. The Morgan fingerprint density at radius 2 is 2.24 bits per heavy atom. The quantitative estimate of drug-likeness (QED) is 0.681. The average molecular weight is 319 g/mol. The van der Waals surface area contributed by atoms with Crippen LogP contribution in [0.2, 0.25) is 5.02 Å². The van der Waals surface area contributed by atoms with E-state index < -0.39 is 0 Å². The van der Waals surface area contributed by atoms with Gasteiger partial charge in [-0.05, 0) is 29.6 Å². The maximum absolute atomic E-state index is 11.3. The van der Waals surface area contributed by atoms with Gasteiger partial charge in [-0.2, -0.15) is 5.10 Å². The van der Waals surface area contributed by atoms with Crippen LogP contribution in [-0.4, -0.2) is 23.2 Å². The fourth-order valence-electron chi connectivity index (χ4n) is 2.03. The normalized spacial score (nSPS) is 10.6. The van der Waals surface area contributed by atoms with Crippen LogP contribution in [0, 0.1) is 0 Å². The van der Waals surface area contributed by atoms with E-state index in [4.69, 9.17) is 16.3 Å².